The second-order valence-corrected chi connectivity index (χ2v) is 12.8. The lowest BCUT2D eigenvalue weighted by Crippen LogP contribution is -2.61. The lowest BCUT2D eigenvalue weighted by Gasteiger charge is -2.44. The van der Waals surface area contributed by atoms with Gasteiger partial charge in [0.2, 0.25) is 11.8 Å². The molecule has 0 saturated carbocycles. The number of nitrogens with zero attached hydrogens (tertiary/aromatic N) is 2. The van der Waals surface area contributed by atoms with E-state index in [1.54, 1.807) is 15.9 Å². The van der Waals surface area contributed by atoms with Crippen molar-refractivity contribution < 1.29 is 24.6 Å². The largest absolute Gasteiger partial charge is 0.481 e. The van der Waals surface area contributed by atoms with Gasteiger partial charge in [-0.1, -0.05) is 26.3 Å². The van der Waals surface area contributed by atoms with E-state index in [9.17, 15) is 24.6 Å². The van der Waals surface area contributed by atoms with Crippen LogP contribution < -0.4 is 0 Å². The molecule has 3 saturated heterocycles. The molecule has 0 aliphatic carbocycles. The van der Waals surface area contributed by atoms with Crippen molar-refractivity contribution in [1.82, 2.24) is 9.80 Å². The number of carbonyl (C=O) groups is 3. The Hall–Kier alpha value is -1.54. The number of fused-ring (bicyclic) bond motifs is 1. The topological polar surface area (TPSA) is 98.2 Å². The van der Waals surface area contributed by atoms with E-state index in [2.05, 4.69) is 6.58 Å². The number of aliphatic hydroxyl groups is 1. The molecule has 7 nitrogen and oxygen atoms in total. The van der Waals surface area contributed by atoms with E-state index >= 15 is 0 Å². The highest BCUT2D eigenvalue weighted by atomic mass is 32.2. The standard InChI is InChI=1S/C24H38N2O5S/c1-8-12-25(22(4,5)6)20(29)18-24-11-10-23(7,32-24)17(21(30)31)16(24)19(28)26(18)15(13-27)14(3)9-2/h8,14-18,27H,1,9-13H2,2-7H3,(H,30,31)/t14-,15-,16-,17+,18?,23-,24?/m0/s1. The molecule has 1 spiro atoms. The third-order valence-electron chi connectivity index (χ3n) is 7.95. The molecular formula is C24H38N2O5S. The van der Waals surface area contributed by atoms with Gasteiger partial charge in [0, 0.05) is 16.8 Å². The maximum absolute atomic E-state index is 14.2. The quantitative estimate of drug-likeness (QED) is 0.534. The number of rotatable bonds is 8. The first-order valence-electron chi connectivity index (χ1n) is 11.6. The summed E-state index contributed by atoms with van der Waals surface area (Å²) in [5.74, 6) is -3.08. The van der Waals surface area contributed by atoms with Crippen molar-refractivity contribution in [3.8, 4) is 0 Å². The minimum Gasteiger partial charge on any atom is -0.481 e. The molecule has 2 unspecified atom stereocenters. The van der Waals surface area contributed by atoms with Crippen LogP contribution in [0.4, 0.5) is 0 Å². The van der Waals surface area contributed by atoms with Gasteiger partial charge in [-0.05, 0) is 46.5 Å². The summed E-state index contributed by atoms with van der Waals surface area (Å²) in [6, 6.07) is -1.34. The van der Waals surface area contributed by atoms with Crippen LogP contribution in [0.25, 0.3) is 0 Å². The van der Waals surface area contributed by atoms with E-state index < -0.39 is 44.9 Å². The second-order valence-electron chi connectivity index (χ2n) is 10.9. The van der Waals surface area contributed by atoms with Gasteiger partial charge in [0.05, 0.1) is 29.2 Å². The zero-order valence-electron chi connectivity index (χ0n) is 20.1. The van der Waals surface area contributed by atoms with Crippen molar-refractivity contribution in [2.45, 2.75) is 87.9 Å². The van der Waals surface area contributed by atoms with Crippen molar-refractivity contribution >= 4 is 29.5 Å². The number of thioether (sulfide) groups is 1. The van der Waals surface area contributed by atoms with Crippen molar-refractivity contribution in [3.63, 3.8) is 0 Å². The summed E-state index contributed by atoms with van der Waals surface area (Å²) in [7, 11) is 0. The van der Waals surface area contributed by atoms with Crippen LogP contribution >= 0.6 is 11.8 Å². The number of carboxylic acid groups (broad SMARTS) is 1. The Morgan fingerprint density at radius 1 is 1.38 bits per heavy atom. The first-order chi connectivity index (χ1) is 14.8. The molecule has 3 heterocycles. The summed E-state index contributed by atoms with van der Waals surface area (Å²) in [6.07, 6.45) is 3.68. The van der Waals surface area contributed by atoms with Gasteiger partial charge < -0.3 is 20.0 Å². The third-order valence-corrected chi connectivity index (χ3v) is 9.93. The molecule has 0 aromatic heterocycles. The van der Waals surface area contributed by atoms with Crippen LogP contribution in [-0.4, -0.2) is 78.1 Å². The normalized spacial score (nSPS) is 35.5. The molecule has 7 atom stereocenters. The summed E-state index contributed by atoms with van der Waals surface area (Å²) in [5, 5.41) is 20.4. The van der Waals surface area contributed by atoms with Crippen LogP contribution in [0.1, 0.15) is 60.8 Å². The van der Waals surface area contributed by atoms with Gasteiger partial charge in [-0.15, -0.1) is 18.3 Å². The molecule has 2 amide bonds. The maximum atomic E-state index is 14.2. The molecule has 2 N–H and O–H groups in total. The summed E-state index contributed by atoms with van der Waals surface area (Å²) in [6.45, 7) is 15.6. The predicted molar refractivity (Wildman–Crippen MR) is 125 cm³/mol. The number of carbonyl (C=O) groups excluding carboxylic acids is 2. The zero-order valence-corrected chi connectivity index (χ0v) is 20.9. The molecular weight excluding hydrogens is 428 g/mol. The summed E-state index contributed by atoms with van der Waals surface area (Å²) in [5.41, 5.74) is -0.503. The van der Waals surface area contributed by atoms with Crippen LogP contribution in [-0.2, 0) is 14.4 Å². The molecule has 0 aromatic carbocycles. The Balaban J connectivity index is 2.20. The van der Waals surface area contributed by atoms with Crippen LogP contribution in [0.15, 0.2) is 12.7 Å². The molecule has 32 heavy (non-hydrogen) atoms. The maximum Gasteiger partial charge on any atom is 0.308 e. The van der Waals surface area contributed by atoms with Crippen LogP contribution in [0.3, 0.4) is 0 Å². The molecule has 3 rings (SSSR count). The fourth-order valence-corrected chi connectivity index (χ4v) is 8.49. The lowest BCUT2D eigenvalue weighted by molar-refractivity contribution is -0.152. The Labute approximate surface area is 195 Å². The first-order valence-corrected chi connectivity index (χ1v) is 12.4. The third kappa shape index (κ3) is 3.49. The lowest BCUT2D eigenvalue weighted by atomic mass is 9.66. The molecule has 8 heteroatoms. The van der Waals surface area contributed by atoms with Crippen LogP contribution in [0.2, 0.25) is 0 Å². The number of aliphatic carboxylic acids is 1. The molecule has 0 radical (unpaired) electrons. The SMILES string of the molecule is C=CCN(C(=O)C1N([C@@H](CO)[C@@H](C)CC)C(=O)[C@@H]2[C@H](C(=O)O)[C@]3(C)CCC12S3)C(C)(C)C. The molecule has 0 aromatic rings. The number of aliphatic hydroxyl groups excluding tert-OH is 1. The smallest absolute Gasteiger partial charge is 0.308 e. The molecule has 3 aliphatic rings. The number of likely N-dealkylation sites (tertiary alicyclic amines) is 1. The van der Waals surface area contributed by atoms with Crippen LogP contribution in [0.5, 0.6) is 0 Å². The Morgan fingerprint density at radius 2 is 2.00 bits per heavy atom. The second kappa shape index (κ2) is 8.35. The predicted octanol–water partition coefficient (Wildman–Crippen LogP) is 2.77. The van der Waals surface area contributed by atoms with Gasteiger partial charge in [0.1, 0.15) is 6.04 Å². The van der Waals surface area contributed by atoms with Crippen molar-refractivity contribution in [3.05, 3.63) is 12.7 Å². The van der Waals surface area contributed by atoms with Gasteiger partial charge >= 0.3 is 5.97 Å². The minimum absolute atomic E-state index is 0.0296. The van der Waals surface area contributed by atoms with Gasteiger partial charge in [-0.2, -0.15) is 0 Å². The Morgan fingerprint density at radius 3 is 2.47 bits per heavy atom. The Kier molecular flexibility index (Phi) is 6.55. The van der Waals surface area contributed by atoms with Crippen LogP contribution in [0, 0.1) is 17.8 Å². The van der Waals surface area contributed by atoms with Gasteiger partial charge in [-0.3, -0.25) is 14.4 Å². The molecule has 3 aliphatic heterocycles. The zero-order chi connectivity index (χ0) is 24.2. The van der Waals surface area contributed by atoms with E-state index in [1.165, 1.54) is 11.8 Å². The fourth-order valence-electron chi connectivity index (χ4n) is 6.16. The average molecular weight is 467 g/mol. The average Bonchev–Trinajstić information content (AvgIpc) is 3.26. The van der Waals surface area contributed by atoms with Gasteiger partial charge in [0.15, 0.2) is 0 Å². The fraction of sp³-hybridized carbons (Fsp3) is 0.792. The Bertz CT molecular complexity index is 811. The van der Waals surface area contributed by atoms with Crippen molar-refractivity contribution in [2.24, 2.45) is 17.8 Å². The van der Waals surface area contributed by atoms with E-state index in [-0.39, 0.29) is 24.3 Å². The molecule has 2 bridgehead atoms. The monoisotopic (exact) mass is 466 g/mol. The van der Waals surface area contributed by atoms with E-state index in [1.807, 2.05) is 41.5 Å². The van der Waals surface area contributed by atoms with E-state index in [0.29, 0.717) is 19.4 Å². The summed E-state index contributed by atoms with van der Waals surface area (Å²) < 4.78 is -1.37. The summed E-state index contributed by atoms with van der Waals surface area (Å²) in [4.78, 5) is 43.8. The molecule has 3 fully saturated rings. The highest BCUT2D eigenvalue weighted by Gasteiger charge is 2.78. The highest BCUT2D eigenvalue weighted by Crippen LogP contribution is 2.71. The van der Waals surface area contributed by atoms with E-state index in [0.717, 1.165) is 6.42 Å². The number of hydrogen-bond donors (Lipinski definition) is 2. The highest BCUT2D eigenvalue weighted by molar-refractivity contribution is 8.02. The summed E-state index contributed by atoms with van der Waals surface area (Å²) >= 11 is 1.53. The first kappa shape index (κ1) is 25.1. The molecule has 180 valence electrons. The number of hydrogen-bond acceptors (Lipinski definition) is 5. The van der Waals surface area contributed by atoms with Crippen molar-refractivity contribution in [2.75, 3.05) is 13.2 Å². The van der Waals surface area contributed by atoms with Gasteiger partial charge in [0.25, 0.3) is 0 Å². The number of amides is 2. The van der Waals surface area contributed by atoms with Crippen molar-refractivity contribution in [1.29, 1.82) is 0 Å². The van der Waals surface area contributed by atoms with E-state index in [4.69, 9.17) is 0 Å². The minimum atomic E-state index is -0.976. The number of carboxylic acids is 1. The van der Waals surface area contributed by atoms with Gasteiger partial charge in [-0.25, -0.2) is 0 Å².